The molecule has 79 heavy (non-hydrogen) atoms. The van der Waals surface area contributed by atoms with Crippen LogP contribution < -0.4 is 31.3 Å². The highest BCUT2D eigenvalue weighted by atomic mass is 16.3. The third-order valence-corrected chi connectivity index (χ3v) is 23.7. The van der Waals surface area contributed by atoms with Crippen molar-refractivity contribution >= 4 is 79.8 Å². The first-order valence-corrected chi connectivity index (χ1v) is 30.8. The van der Waals surface area contributed by atoms with E-state index in [9.17, 15) is 0 Å². The molecule has 0 saturated heterocycles. The molecular formula is C74H86BN3O. The van der Waals surface area contributed by atoms with Crippen molar-refractivity contribution in [2.45, 2.75) is 230 Å². The molecule has 0 radical (unpaired) electrons. The Bertz CT molecular complexity index is 3840. The van der Waals surface area contributed by atoms with Crippen LogP contribution in [0.2, 0.25) is 0 Å². The monoisotopic (exact) mass is 1040 g/mol. The molecule has 2 fully saturated rings. The third kappa shape index (κ3) is 6.51. The summed E-state index contributed by atoms with van der Waals surface area (Å²) in [4.78, 5) is 8.35. The summed E-state index contributed by atoms with van der Waals surface area (Å²) in [5.74, 6) is 0. The van der Waals surface area contributed by atoms with Gasteiger partial charge in [-0.2, -0.15) is 0 Å². The standard InChI is InChI=1S/C74H86BN3O/c1-44-35-51-53(70(11,12)32-31-68(51,7)8)41-58(44)77-59-36-45(66(2,3)4)23-26-56(59)75-63-60(38-47(39-61(63)77)78-57-22-18-17-21-50(57)73(15)27-19-20-28-74(73,78)16)76(46-24-25-49-52(37-46)69(9,10)30-29-67(49,5)6)64-48-40-54-55(42-62(48)79-65(64)75)72(14)34-33-71(54,13)43-72/h17-18,21-26,35-42H,19-20,27-34,43H2,1-16H3. The van der Waals surface area contributed by atoms with Crippen LogP contribution in [0, 0.1) is 6.92 Å². The van der Waals surface area contributed by atoms with E-state index in [4.69, 9.17) is 4.42 Å². The van der Waals surface area contributed by atoms with Gasteiger partial charge in [-0.25, -0.2) is 0 Å². The molecule has 5 aliphatic carbocycles. The maximum atomic E-state index is 7.84. The number of furan rings is 1. The average Bonchev–Trinajstić information content (AvgIpc) is 3.34. The zero-order valence-electron chi connectivity index (χ0n) is 50.8. The van der Waals surface area contributed by atoms with Gasteiger partial charge < -0.3 is 19.1 Å². The van der Waals surface area contributed by atoms with Crippen LogP contribution in [0.5, 0.6) is 0 Å². The van der Waals surface area contributed by atoms with Crippen molar-refractivity contribution in [1.29, 1.82) is 0 Å². The molecule has 0 amide bonds. The molecule has 7 aromatic rings. The van der Waals surface area contributed by atoms with Gasteiger partial charge in [-0.15, -0.1) is 0 Å². The molecule has 15 rings (SSSR count). The summed E-state index contributed by atoms with van der Waals surface area (Å²) in [7, 11) is 0. The Labute approximate surface area is 473 Å². The Kier molecular flexibility index (Phi) is 9.84. The predicted molar refractivity (Wildman–Crippen MR) is 336 cm³/mol. The fourth-order valence-electron chi connectivity index (χ4n) is 18.4. The molecule has 4 nitrogen and oxygen atoms in total. The highest BCUT2D eigenvalue weighted by molar-refractivity contribution is 7.00. The average molecular weight is 1040 g/mol. The first-order chi connectivity index (χ1) is 37.1. The largest absolute Gasteiger partial charge is 0.468 e. The maximum Gasteiger partial charge on any atom is 0.297 e. The molecule has 5 heteroatoms. The molecular weight excluding hydrogens is 958 g/mol. The molecule has 4 heterocycles. The van der Waals surface area contributed by atoms with E-state index in [2.05, 4.69) is 223 Å². The molecule has 2 bridgehead atoms. The van der Waals surface area contributed by atoms with Crippen molar-refractivity contribution in [2.24, 2.45) is 0 Å². The van der Waals surface area contributed by atoms with Crippen molar-refractivity contribution < 1.29 is 4.42 Å². The molecule has 0 N–H and O–H groups in total. The van der Waals surface area contributed by atoms with E-state index < -0.39 is 0 Å². The fourth-order valence-corrected chi connectivity index (χ4v) is 18.4. The van der Waals surface area contributed by atoms with E-state index in [-0.39, 0.29) is 55.6 Å². The summed E-state index contributed by atoms with van der Waals surface area (Å²) in [6, 6.07) is 40.4. The molecule has 4 unspecified atom stereocenters. The summed E-state index contributed by atoms with van der Waals surface area (Å²) < 4.78 is 7.84. The lowest BCUT2D eigenvalue weighted by Crippen LogP contribution is -2.61. The van der Waals surface area contributed by atoms with Crippen LogP contribution in [-0.4, -0.2) is 12.3 Å². The second-order valence-corrected chi connectivity index (χ2v) is 31.6. The van der Waals surface area contributed by atoms with Crippen molar-refractivity contribution in [1.82, 2.24) is 0 Å². The Morgan fingerprint density at radius 3 is 1.77 bits per heavy atom. The van der Waals surface area contributed by atoms with Crippen LogP contribution >= 0.6 is 0 Å². The van der Waals surface area contributed by atoms with E-state index in [0.29, 0.717) is 0 Å². The summed E-state index contributed by atoms with van der Waals surface area (Å²) >= 11 is 0. The molecule has 2 saturated carbocycles. The Morgan fingerprint density at radius 1 is 0.481 bits per heavy atom. The Morgan fingerprint density at radius 2 is 1.09 bits per heavy atom. The van der Waals surface area contributed by atoms with Gasteiger partial charge in [0.15, 0.2) is 0 Å². The van der Waals surface area contributed by atoms with Crippen LogP contribution in [0.4, 0.5) is 45.5 Å². The summed E-state index contributed by atoms with van der Waals surface area (Å²) in [5, 5.41) is 1.25. The van der Waals surface area contributed by atoms with Crippen LogP contribution in [0.15, 0.2) is 101 Å². The van der Waals surface area contributed by atoms with Crippen molar-refractivity contribution in [3.8, 4) is 0 Å². The smallest absolute Gasteiger partial charge is 0.297 e. The number of anilines is 8. The van der Waals surface area contributed by atoms with Crippen LogP contribution in [0.25, 0.3) is 11.0 Å². The van der Waals surface area contributed by atoms with E-state index in [1.54, 1.807) is 5.56 Å². The number of nitrogens with zero attached hydrogens (tertiary/aromatic N) is 3. The topological polar surface area (TPSA) is 22.9 Å². The fraction of sp³-hybridized carbons (Fsp3) is 0.486. The molecule has 4 atom stereocenters. The van der Waals surface area contributed by atoms with E-state index in [1.165, 1.54) is 164 Å². The van der Waals surface area contributed by atoms with Gasteiger partial charge in [-0.3, -0.25) is 0 Å². The minimum absolute atomic E-state index is 0.00408. The lowest BCUT2D eigenvalue weighted by molar-refractivity contribution is 0.195. The highest BCUT2D eigenvalue weighted by Gasteiger charge is 2.59. The Balaban J connectivity index is 1.10. The van der Waals surface area contributed by atoms with E-state index in [1.807, 2.05) is 0 Å². The maximum absolute atomic E-state index is 7.84. The van der Waals surface area contributed by atoms with Crippen molar-refractivity contribution in [2.75, 3.05) is 14.7 Å². The SMILES string of the molecule is Cc1cc2c(cc1N1c3cc(C(C)(C)C)ccc3B3c4oc5cc6c(cc5c4N(c4ccc5c(c4)C(C)(C)CCC5(C)C)c4cc(N5c7ccccc7C7(C)CCCCC57C)cc1c43)C1(C)CCC6(C)C1)C(C)(C)CCC2(C)C. The number of benzene rings is 6. The van der Waals surface area contributed by atoms with Gasteiger partial charge in [0.1, 0.15) is 5.58 Å². The number of fused-ring (bicyclic) bond motifs is 16. The predicted octanol–water partition coefficient (Wildman–Crippen LogP) is 18.3. The normalized spacial score (nSPS) is 27.7. The zero-order chi connectivity index (χ0) is 55.3. The Hall–Kier alpha value is -5.68. The van der Waals surface area contributed by atoms with Gasteiger partial charge in [0.05, 0.1) is 16.9 Å². The van der Waals surface area contributed by atoms with Gasteiger partial charge in [-0.05, 0) is 225 Å². The van der Waals surface area contributed by atoms with Crippen molar-refractivity contribution in [3.63, 3.8) is 0 Å². The second-order valence-electron chi connectivity index (χ2n) is 31.6. The van der Waals surface area contributed by atoms with E-state index in [0.717, 1.165) is 24.1 Å². The van der Waals surface area contributed by atoms with Gasteiger partial charge >= 0.3 is 0 Å². The molecule has 0 spiro atoms. The quantitative estimate of drug-likeness (QED) is 0.165. The number of rotatable bonds is 3. The van der Waals surface area contributed by atoms with Gasteiger partial charge in [-0.1, -0.05) is 152 Å². The minimum atomic E-state index is -0.140. The second kappa shape index (κ2) is 15.4. The minimum Gasteiger partial charge on any atom is -0.468 e. The molecule has 406 valence electrons. The van der Waals surface area contributed by atoms with Gasteiger partial charge in [0.25, 0.3) is 6.71 Å². The number of aryl methyl sites for hydroxylation is 1. The highest BCUT2D eigenvalue weighted by Crippen LogP contribution is 2.64. The number of hydrogen-bond acceptors (Lipinski definition) is 4. The van der Waals surface area contributed by atoms with Crippen LogP contribution in [0.3, 0.4) is 0 Å². The molecule has 6 aromatic carbocycles. The van der Waals surface area contributed by atoms with Crippen LogP contribution in [0.1, 0.15) is 225 Å². The third-order valence-electron chi connectivity index (χ3n) is 23.7. The van der Waals surface area contributed by atoms with Gasteiger partial charge in [0, 0.05) is 50.6 Å². The van der Waals surface area contributed by atoms with Crippen LogP contribution in [-0.2, 0) is 43.3 Å². The summed E-state index contributed by atoms with van der Waals surface area (Å²) in [5.41, 5.74) is 28.6. The lowest BCUT2D eigenvalue weighted by Gasteiger charge is -2.51. The summed E-state index contributed by atoms with van der Waals surface area (Å²) in [6.45, 7) is 39.6. The van der Waals surface area contributed by atoms with E-state index >= 15 is 0 Å². The van der Waals surface area contributed by atoms with Crippen molar-refractivity contribution in [3.05, 3.63) is 147 Å². The van der Waals surface area contributed by atoms with Gasteiger partial charge in [0.2, 0.25) is 0 Å². The molecule has 1 aromatic heterocycles. The summed E-state index contributed by atoms with van der Waals surface area (Å²) in [6.07, 6.45) is 13.2. The molecule has 8 aliphatic rings. The first kappa shape index (κ1) is 50.3. The lowest BCUT2D eigenvalue weighted by atomic mass is 9.35. The first-order valence-electron chi connectivity index (χ1n) is 30.8. The number of para-hydroxylation sites is 1. The zero-order valence-corrected chi connectivity index (χ0v) is 50.8. The molecule has 3 aliphatic heterocycles. The number of hydrogen-bond donors (Lipinski definition) is 0.